The van der Waals surface area contributed by atoms with Gasteiger partial charge in [0.15, 0.2) is 0 Å². The molecule has 0 spiro atoms. The molecule has 0 radical (unpaired) electrons. The van der Waals surface area contributed by atoms with Crippen LogP contribution in [0.25, 0.3) is 28.1 Å². The molecule has 132 valence electrons. The molecular formula is C19H14ClN7. The molecule has 0 unspecified atom stereocenters. The number of nitriles is 1. The van der Waals surface area contributed by atoms with Crippen LogP contribution >= 0.6 is 11.6 Å². The molecule has 0 bridgehead atoms. The highest BCUT2D eigenvalue weighted by Gasteiger charge is 2.15. The lowest BCUT2D eigenvalue weighted by Gasteiger charge is -2.07. The van der Waals surface area contributed by atoms with E-state index in [4.69, 9.17) is 17.3 Å². The Kier molecular flexibility index (Phi) is 4.11. The molecule has 0 fully saturated rings. The molecule has 4 aromatic rings. The molecule has 2 N–H and O–H groups in total. The van der Waals surface area contributed by atoms with Crippen molar-refractivity contribution in [2.45, 2.75) is 0 Å². The minimum absolute atomic E-state index is 0.171. The fourth-order valence-corrected chi connectivity index (χ4v) is 3.02. The van der Waals surface area contributed by atoms with Crippen molar-refractivity contribution in [3.8, 4) is 34.1 Å². The van der Waals surface area contributed by atoms with E-state index < -0.39 is 0 Å². The number of pyridine rings is 1. The van der Waals surface area contributed by atoms with Crippen molar-refractivity contribution < 1.29 is 0 Å². The van der Waals surface area contributed by atoms with E-state index in [0.717, 1.165) is 16.8 Å². The summed E-state index contributed by atoms with van der Waals surface area (Å²) < 4.78 is 3.38. The molecule has 3 heterocycles. The molecule has 4 rings (SSSR count). The van der Waals surface area contributed by atoms with Crippen LogP contribution < -0.4 is 5.73 Å². The third-order valence-electron chi connectivity index (χ3n) is 4.13. The number of aryl methyl sites for hydroxylation is 1. The Bertz CT molecular complexity index is 1180. The highest BCUT2D eigenvalue weighted by atomic mass is 35.5. The van der Waals surface area contributed by atoms with E-state index in [0.29, 0.717) is 21.8 Å². The van der Waals surface area contributed by atoms with Crippen LogP contribution in [0.15, 0.2) is 55.1 Å². The number of halogens is 1. The van der Waals surface area contributed by atoms with Crippen LogP contribution in [-0.2, 0) is 7.05 Å². The van der Waals surface area contributed by atoms with E-state index in [-0.39, 0.29) is 5.82 Å². The Balaban J connectivity index is 1.81. The maximum atomic E-state index is 9.48. The van der Waals surface area contributed by atoms with Crippen molar-refractivity contribution in [3.63, 3.8) is 0 Å². The summed E-state index contributed by atoms with van der Waals surface area (Å²) in [4.78, 5) is 4.38. The van der Waals surface area contributed by atoms with Crippen LogP contribution in [0.3, 0.4) is 0 Å². The summed E-state index contributed by atoms with van der Waals surface area (Å²) in [6, 6.07) is 11.3. The summed E-state index contributed by atoms with van der Waals surface area (Å²) in [7, 11) is 1.82. The molecule has 0 saturated carbocycles. The Morgan fingerprint density at radius 2 is 1.93 bits per heavy atom. The highest BCUT2D eigenvalue weighted by molar-refractivity contribution is 6.30. The molecule has 7 nitrogen and oxygen atoms in total. The summed E-state index contributed by atoms with van der Waals surface area (Å²) in [5, 5.41) is 18.7. The summed E-state index contributed by atoms with van der Waals surface area (Å²) >= 11 is 6.05. The Morgan fingerprint density at radius 3 is 2.63 bits per heavy atom. The summed E-state index contributed by atoms with van der Waals surface area (Å²) in [6.45, 7) is 0. The van der Waals surface area contributed by atoms with E-state index >= 15 is 0 Å². The number of aromatic nitrogens is 5. The SMILES string of the molecule is Cn1cc(-c2cc(-c3cnn(-c4cccc(Cl)c4)c3)nc(N)c2C#N)cn1. The van der Waals surface area contributed by atoms with Gasteiger partial charge in [-0.1, -0.05) is 17.7 Å². The molecule has 0 atom stereocenters. The smallest absolute Gasteiger partial charge is 0.142 e. The first kappa shape index (κ1) is 16.8. The molecule has 1 aromatic carbocycles. The third kappa shape index (κ3) is 3.14. The molecule has 0 aliphatic rings. The van der Waals surface area contributed by atoms with Crippen LogP contribution in [0.5, 0.6) is 0 Å². The quantitative estimate of drug-likeness (QED) is 0.591. The lowest BCUT2D eigenvalue weighted by Crippen LogP contribution is -1.99. The number of nitrogens with zero attached hydrogens (tertiary/aromatic N) is 6. The van der Waals surface area contributed by atoms with Gasteiger partial charge in [-0.3, -0.25) is 4.68 Å². The topological polar surface area (TPSA) is 98.3 Å². The molecule has 0 amide bonds. The average molecular weight is 376 g/mol. The summed E-state index contributed by atoms with van der Waals surface area (Å²) in [6.07, 6.45) is 7.05. The van der Waals surface area contributed by atoms with Crippen molar-refractivity contribution in [1.29, 1.82) is 5.26 Å². The van der Waals surface area contributed by atoms with Gasteiger partial charge in [0.25, 0.3) is 0 Å². The van der Waals surface area contributed by atoms with Gasteiger partial charge in [0.2, 0.25) is 0 Å². The van der Waals surface area contributed by atoms with Crippen LogP contribution in [0.2, 0.25) is 5.02 Å². The van der Waals surface area contributed by atoms with Gasteiger partial charge in [-0.25, -0.2) is 9.67 Å². The van der Waals surface area contributed by atoms with E-state index in [1.807, 2.05) is 43.7 Å². The number of benzene rings is 1. The van der Waals surface area contributed by atoms with Gasteiger partial charge in [-0.2, -0.15) is 15.5 Å². The van der Waals surface area contributed by atoms with Crippen LogP contribution in [0.4, 0.5) is 5.82 Å². The van der Waals surface area contributed by atoms with Gasteiger partial charge in [0, 0.05) is 41.2 Å². The Hall–Kier alpha value is -3.63. The van der Waals surface area contributed by atoms with Crippen LogP contribution in [-0.4, -0.2) is 24.5 Å². The highest BCUT2D eigenvalue weighted by Crippen LogP contribution is 2.31. The molecule has 0 saturated heterocycles. The summed E-state index contributed by atoms with van der Waals surface area (Å²) in [5.74, 6) is 0.171. The van der Waals surface area contributed by atoms with Gasteiger partial charge >= 0.3 is 0 Å². The minimum Gasteiger partial charge on any atom is -0.383 e. The monoisotopic (exact) mass is 375 g/mol. The van der Waals surface area contributed by atoms with Gasteiger partial charge in [-0.15, -0.1) is 0 Å². The third-order valence-corrected chi connectivity index (χ3v) is 4.36. The van der Waals surface area contributed by atoms with Gasteiger partial charge in [0.1, 0.15) is 17.5 Å². The minimum atomic E-state index is 0.171. The largest absolute Gasteiger partial charge is 0.383 e. The fourth-order valence-electron chi connectivity index (χ4n) is 2.83. The van der Waals surface area contributed by atoms with E-state index in [9.17, 15) is 5.26 Å². The zero-order valence-electron chi connectivity index (χ0n) is 14.3. The molecule has 8 heteroatoms. The maximum Gasteiger partial charge on any atom is 0.142 e. The van der Waals surface area contributed by atoms with Crippen molar-refractivity contribution in [2.24, 2.45) is 7.05 Å². The second kappa shape index (κ2) is 6.59. The molecule has 27 heavy (non-hydrogen) atoms. The number of nitrogen functional groups attached to an aromatic ring is 1. The standard InChI is InChI=1S/C19H14ClN7/c1-26-10-12(8-23-26)16-6-18(25-19(22)17(16)7-21)13-9-24-27(11-13)15-4-2-3-14(20)5-15/h2-6,8-11H,1H3,(H2,22,25). The number of hydrogen-bond donors (Lipinski definition) is 1. The molecule has 3 aromatic heterocycles. The fraction of sp³-hybridized carbons (Fsp3) is 0.0526. The lowest BCUT2D eigenvalue weighted by atomic mass is 10.0. The van der Waals surface area contributed by atoms with Crippen molar-refractivity contribution in [1.82, 2.24) is 24.5 Å². The number of nitrogens with two attached hydrogens (primary N) is 1. The summed E-state index contributed by atoms with van der Waals surface area (Å²) in [5.41, 5.74) is 10.1. The second-order valence-corrected chi connectivity index (χ2v) is 6.42. The van der Waals surface area contributed by atoms with Crippen molar-refractivity contribution in [2.75, 3.05) is 5.73 Å². The zero-order valence-corrected chi connectivity index (χ0v) is 15.1. The molecule has 0 aliphatic carbocycles. The Labute approximate surface area is 160 Å². The van der Waals surface area contributed by atoms with Crippen LogP contribution in [0.1, 0.15) is 5.56 Å². The first-order chi connectivity index (χ1) is 13.0. The van der Waals surface area contributed by atoms with Crippen molar-refractivity contribution >= 4 is 17.4 Å². The Morgan fingerprint density at radius 1 is 1.11 bits per heavy atom. The van der Waals surface area contributed by atoms with Crippen molar-refractivity contribution in [3.05, 3.63) is 65.7 Å². The van der Waals surface area contributed by atoms with E-state index in [1.54, 1.807) is 27.8 Å². The van der Waals surface area contributed by atoms with Crippen LogP contribution in [0, 0.1) is 11.3 Å². The zero-order chi connectivity index (χ0) is 19.0. The average Bonchev–Trinajstić information content (AvgIpc) is 3.30. The van der Waals surface area contributed by atoms with E-state index in [2.05, 4.69) is 21.3 Å². The van der Waals surface area contributed by atoms with Gasteiger partial charge < -0.3 is 5.73 Å². The number of anilines is 1. The predicted molar refractivity (Wildman–Crippen MR) is 103 cm³/mol. The number of rotatable bonds is 3. The predicted octanol–water partition coefficient (Wildman–Crippen LogP) is 3.44. The maximum absolute atomic E-state index is 9.48. The van der Waals surface area contributed by atoms with Gasteiger partial charge in [0.05, 0.1) is 23.8 Å². The molecule has 0 aliphatic heterocycles. The van der Waals surface area contributed by atoms with Gasteiger partial charge in [-0.05, 0) is 24.3 Å². The van der Waals surface area contributed by atoms with E-state index in [1.165, 1.54) is 0 Å². The number of hydrogen-bond acceptors (Lipinski definition) is 5. The normalized spacial score (nSPS) is 10.7. The first-order valence-electron chi connectivity index (χ1n) is 8.06. The second-order valence-electron chi connectivity index (χ2n) is 5.98. The lowest BCUT2D eigenvalue weighted by molar-refractivity contribution is 0.768. The molecular weight excluding hydrogens is 362 g/mol. The first-order valence-corrected chi connectivity index (χ1v) is 8.43.